The molecular weight excluding hydrogens is 216 g/mol. The first-order valence-corrected chi connectivity index (χ1v) is 5.11. The molecule has 17 heavy (non-hydrogen) atoms. The fourth-order valence-corrected chi connectivity index (χ4v) is 1.31. The third-order valence-corrected chi connectivity index (χ3v) is 2.09. The summed E-state index contributed by atoms with van der Waals surface area (Å²) in [6, 6.07) is 6.43. The summed E-state index contributed by atoms with van der Waals surface area (Å²) in [6.07, 6.45) is 5.08. The number of amides is 2. The smallest absolute Gasteiger partial charge is 0.252 e. The molecule has 0 unspecified atom stereocenters. The number of nitrogens with one attached hydrogen (secondary N) is 1. The van der Waals surface area contributed by atoms with Crippen molar-refractivity contribution in [3.63, 3.8) is 0 Å². The van der Waals surface area contributed by atoms with E-state index in [0.717, 1.165) is 0 Å². The molecule has 4 nitrogen and oxygen atoms in total. The second kappa shape index (κ2) is 6.27. The molecule has 0 fully saturated rings. The Bertz CT molecular complexity index is 464. The minimum Gasteiger partial charge on any atom is -0.366 e. The highest BCUT2D eigenvalue weighted by atomic mass is 16.2. The van der Waals surface area contributed by atoms with Crippen molar-refractivity contribution < 1.29 is 9.59 Å². The average Bonchev–Trinajstić information content (AvgIpc) is 2.34. The lowest BCUT2D eigenvalue weighted by Crippen LogP contribution is -2.26. The average molecular weight is 230 g/mol. The summed E-state index contributed by atoms with van der Waals surface area (Å²) in [5.74, 6) is -0.939. The molecule has 0 aliphatic carbocycles. The van der Waals surface area contributed by atoms with Crippen LogP contribution in [0.3, 0.4) is 0 Å². The van der Waals surface area contributed by atoms with Gasteiger partial charge in [-0.05, 0) is 12.1 Å². The maximum Gasteiger partial charge on any atom is 0.252 e. The maximum atomic E-state index is 11.8. The van der Waals surface area contributed by atoms with Gasteiger partial charge in [-0.2, -0.15) is 0 Å². The van der Waals surface area contributed by atoms with Gasteiger partial charge in [0, 0.05) is 6.54 Å². The molecule has 1 aromatic rings. The largest absolute Gasteiger partial charge is 0.366 e. The first kappa shape index (κ1) is 12.7. The third kappa shape index (κ3) is 3.61. The van der Waals surface area contributed by atoms with E-state index in [2.05, 4.69) is 11.9 Å². The topological polar surface area (TPSA) is 72.2 Å². The molecule has 2 amide bonds. The molecular formula is C13H14N2O2. The van der Waals surface area contributed by atoms with Crippen molar-refractivity contribution in [1.82, 2.24) is 5.32 Å². The molecule has 0 atom stereocenters. The Labute approximate surface area is 99.8 Å². The fraction of sp³-hybridized carbons (Fsp3) is 0.0769. The summed E-state index contributed by atoms with van der Waals surface area (Å²) in [4.78, 5) is 22.9. The number of rotatable bonds is 5. The van der Waals surface area contributed by atoms with Crippen LogP contribution in [0, 0.1) is 0 Å². The molecule has 88 valence electrons. The Kier molecular flexibility index (Phi) is 4.69. The molecule has 0 spiro atoms. The quantitative estimate of drug-likeness (QED) is 0.747. The van der Waals surface area contributed by atoms with Gasteiger partial charge in [0.15, 0.2) is 0 Å². The van der Waals surface area contributed by atoms with Crippen LogP contribution in [0.5, 0.6) is 0 Å². The zero-order valence-corrected chi connectivity index (χ0v) is 9.35. The van der Waals surface area contributed by atoms with Gasteiger partial charge in [-0.1, -0.05) is 36.9 Å². The Balaban J connectivity index is 2.78. The lowest BCUT2D eigenvalue weighted by molar-refractivity contribution is 0.0939. The summed E-state index contributed by atoms with van der Waals surface area (Å²) in [5, 5.41) is 2.65. The van der Waals surface area contributed by atoms with E-state index >= 15 is 0 Å². The molecule has 0 aromatic heterocycles. The van der Waals surface area contributed by atoms with E-state index in [-0.39, 0.29) is 17.0 Å². The highest BCUT2D eigenvalue weighted by Gasteiger charge is 2.13. The van der Waals surface area contributed by atoms with E-state index in [0.29, 0.717) is 6.54 Å². The Morgan fingerprint density at radius 2 is 1.94 bits per heavy atom. The number of primary amides is 1. The molecule has 0 radical (unpaired) electrons. The maximum absolute atomic E-state index is 11.8. The molecule has 0 heterocycles. The first-order valence-electron chi connectivity index (χ1n) is 5.11. The Morgan fingerprint density at radius 1 is 1.29 bits per heavy atom. The van der Waals surface area contributed by atoms with Crippen LogP contribution < -0.4 is 11.1 Å². The van der Waals surface area contributed by atoms with Gasteiger partial charge in [-0.3, -0.25) is 9.59 Å². The highest BCUT2D eigenvalue weighted by Crippen LogP contribution is 2.07. The normalized spacial score (nSPS) is 10.1. The van der Waals surface area contributed by atoms with Gasteiger partial charge in [0.05, 0.1) is 11.1 Å². The van der Waals surface area contributed by atoms with Crippen molar-refractivity contribution in [3.8, 4) is 0 Å². The van der Waals surface area contributed by atoms with Crippen LogP contribution in [0.2, 0.25) is 0 Å². The van der Waals surface area contributed by atoms with E-state index in [4.69, 9.17) is 5.73 Å². The lowest BCUT2D eigenvalue weighted by Gasteiger charge is -2.05. The van der Waals surface area contributed by atoms with Crippen molar-refractivity contribution in [2.24, 2.45) is 5.73 Å². The Morgan fingerprint density at radius 3 is 2.53 bits per heavy atom. The van der Waals surface area contributed by atoms with Crippen LogP contribution in [0.25, 0.3) is 0 Å². The molecule has 3 N–H and O–H groups in total. The molecule has 0 saturated heterocycles. The number of hydrogen-bond acceptors (Lipinski definition) is 2. The monoisotopic (exact) mass is 230 g/mol. The van der Waals surface area contributed by atoms with Gasteiger partial charge in [-0.25, -0.2) is 0 Å². The second-order valence-corrected chi connectivity index (χ2v) is 3.28. The minimum atomic E-state index is -0.614. The van der Waals surface area contributed by atoms with Crippen LogP contribution in [0.1, 0.15) is 20.7 Å². The van der Waals surface area contributed by atoms with Gasteiger partial charge < -0.3 is 11.1 Å². The third-order valence-electron chi connectivity index (χ3n) is 2.09. The number of allylic oxidation sites excluding steroid dienone is 2. The molecule has 0 bridgehead atoms. The summed E-state index contributed by atoms with van der Waals surface area (Å²) in [7, 11) is 0. The number of hydrogen-bond donors (Lipinski definition) is 2. The van der Waals surface area contributed by atoms with Crippen LogP contribution in [0.15, 0.2) is 49.1 Å². The van der Waals surface area contributed by atoms with Gasteiger partial charge in [0.1, 0.15) is 0 Å². The number of nitrogens with two attached hydrogens (primary N) is 1. The number of carbonyl (C=O) groups is 2. The minimum absolute atomic E-state index is 0.220. The zero-order chi connectivity index (χ0) is 12.7. The van der Waals surface area contributed by atoms with E-state index in [9.17, 15) is 9.59 Å². The van der Waals surface area contributed by atoms with Gasteiger partial charge in [0.2, 0.25) is 5.91 Å². The summed E-state index contributed by atoms with van der Waals surface area (Å²) in [5.41, 5.74) is 5.69. The Hall–Kier alpha value is -2.36. The molecule has 1 rings (SSSR count). The van der Waals surface area contributed by atoms with Gasteiger partial charge in [0.25, 0.3) is 5.91 Å². The van der Waals surface area contributed by atoms with Crippen molar-refractivity contribution >= 4 is 11.8 Å². The van der Waals surface area contributed by atoms with Crippen molar-refractivity contribution in [2.75, 3.05) is 6.54 Å². The van der Waals surface area contributed by atoms with Crippen LogP contribution in [-0.2, 0) is 0 Å². The number of carbonyl (C=O) groups excluding carboxylic acids is 2. The summed E-state index contributed by atoms with van der Waals surface area (Å²) >= 11 is 0. The summed E-state index contributed by atoms with van der Waals surface area (Å²) in [6.45, 7) is 3.89. The fourth-order valence-electron chi connectivity index (χ4n) is 1.31. The SMILES string of the molecule is C=C/C=C/CNC(=O)c1ccccc1C(N)=O. The van der Waals surface area contributed by atoms with Crippen LogP contribution in [0.4, 0.5) is 0 Å². The van der Waals surface area contributed by atoms with E-state index in [1.54, 1.807) is 36.4 Å². The van der Waals surface area contributed by atoms with E-state index in [1.807, 2.05) is 0 Å². The highest BCUT2D eigenvalue weighted by molar-refractivity contribution is 6.06. The van der Waals surface area contributed by atoms with Crippen LogP contribution in [-0.4, -0.2) is 18.4 Å². The van der Waals surface area contributed by atoms with E-state index < -0.39 is 5.91 Å². The van der Waals surface area contributed by atoms with Gasteiger partial charge >= 0.3 is 0 Å². The second-order valence-electron chi connectivity index (χ2n) is 3.28. The number of benzene rings is 1. The standard InChI is InChI=1S/C13H14N2O2/c1-2-3-6-9-15-13(17)11-8-5-4-7-10(11)12(14)16/h2-8H,1,9H2,(H2,14,16)(H,15,17)/b6-3+. The molecule has 0 aliphatic heterocycles. The van der Waals surface area contributed by atoms with Gasteiger partial charge in [-0.15, -0.1) is 0 Å². The predicted octanol–water partition coefficient (Wildman–Crippen LogP) is 1.26. The predicted molar refractivity (Wildman–Crippen MR) is 66.6 cm³/mol. The van der Waals surface area contributed by atoms with Crippen LogP contribution >= 0.6 is 0 Å². The first-order chi connectivity index (χ1) is 8.16. The van der Waals surface area contributed by atoms with E-state index in [1.165, 1.54) is 6.07 Å². The zero-order valence-electron chi connectivity index (χ0n) is 9.35. The van der Waals surface area contributed by atoms with Crippen molar-refractivity contribution in [3.05, 3.63) is 60.2 Å². The molecule has 1 aromatic carbocycles. The molecule has 0 saturated carbocycles. The summed E-state index contributed by atoms with van der Waals surface area (Å²) < 4.78 is 0. The van der Waals surface area contributed by atoms with Crippen molar-refractivity contribution in [2.45, 2.75) is 0 Å². The molecule has 0 aliphatic rings. The lowest BCUT2D eigenvalue weighted by atomic mass is 10.1. The molecule has 4 heteroatoms. The van der Waals surface area contributed by atoms with Crippen molar-refractivity contribution in [1.29, 1.82) is 0 Å².